The van der Waals surface area contributed by atoms with Gasteiger partial charge in [-0.05, 0) is 24.6 Å². The van der Waals surface area contributed by atoms with Crippen LogP contribution in [0.4, 0.5) is 0 Å². The van der Waals surface area contributed by atoms with Crippen molar-refractivity contribution in [1.29, 1.82) is 0 Å². The lowest BCUT2D eigenvalue weighted by molar-refractivity contribution is 0.577. The van der Waals surface area contributed by atoms with Gasteiger partial charge in [0.05, 0.1) is 11.4 Å². The predicted octanol–water partition coefficient (Wildman–Crippen LogP) is 0.841. The quantitative estimate of drug-likeness (QED) is 0.796. The first kappa shape index (κ1) is 15.6. The molecule has 1 aromatic carbocycles. The summed E-state index contributed by atoms with van der Waals surface area (Å²) in [5, 5.41) is 0. The topological polar surface area (TPSA) is 90.0 Å². The molecule has 0 aliphatic carbocycles. The van der Waals surface area contributed by atoms with E-state index in [0.29, 0.717) is 11.4 Å². The summed E-state index contributed by atoms with van der Waals surface area (Å²) in [7, 11) is -1.80. The van der Waals surface area contributed by atoms with Crippen molar-refractivity contribution in [1.82, 2.24) is 14.3 Å². The second-order valence-electron chi connectivity index (χ2n) is 4.62. The molecule has 0 unspecified atom stereocenters. The average Bonchev–Trinajstić information content (AvgIpc) is 2.81. The molecule has 0 atom stereocenters. The number of nitrogens with two attached hydrogens (primary N) is 1. The number of nitrogens with one attached hydrogen (secondary N) is 1. The number of nitrogens with zero attached hydrogens (tertiary/aromatic N) is 2. The molecule has 0 aliphatic heterocycles. The van der Waals surface area contributed by atoms with Crippen LogP contribution in [-0.4, -0.2) is 23.0 Å². The fourth-order valence-corrected chi connectivity index (χ4v) is 3.18. The van der Waals surface area contributed by atoms with Crippen LogP contribution in [0.1, 0.15) is 17.0 Å². The van der Waals surface area contributed by atoms with Crippen LogP contribution in [0.15, 0.2) is 35.5 Å². The van der Waals surface area contributed by atoms with Crippen LogP contribution in [0.2, 0.25) is 0 Å². The van der Waals surface area contributed by atoms with E-state index in [1.54, 1.807) is 43.1 Å². The normalized spacial score (nSPS) is 11.5. The molecule has 1 aromatic heterocycles. The predicted molar refractivity (Wildman–Crippen MR) is 84.3 cm³/mol. The molecule has 0 saturated heterocycles. The number of hydrogen-bond acceptors (Lipinski definition) is 4. The largest absolute Gasteiger partial charge is 0.389 e. The number of imidazole rings is 1. The van der Waals surface area contributed by atoms with E-state index in [1.807, 2.05) is 0 Å². The maximum Gasteiger partial charge on any atom is 0.240 e. The van der Waals surface area contributed by atoms with E-state index in [4.69, 9.17) is 18.0 Å². The van der Waals surface area contributed by atoms with Crippen LogP contribution in [-0.2, 0) is 23.6 Å². The van der Waals surface area contributed by atoms with Crippen molar-refractivity contribution >= 4 is 27.2 Å². The molecule has 0 aliphatic rings. The maximum atomic E-state index is 12.3. The second kappa shape index (κ2) is 5.92. The number of aromatic nitrogens is 2. The highest BCUT2D eigenvalue weighted by Crippen LogP contribution is 2.15. The van der Waals surface area contributed by atoms with Gasteiger partial charge in [-0.15, -0.1) is 0 Å². The van der Waals surface area contributed by atoms with E-state index < -0.39 is 10.0 Å². The second-order valence-corrected chi connectivity index (χ2v) is 6.83. The molecule has 0 amide bonds. The number of sulfonamides is 1. The standard InChI is InChI=1S/C13H16N4O2S2/c1-9-7-10(3-4-11(9)13(14)20)21(18,19)16-8-12-15-5-6-17(12)2/h3-7,16H,8H2,1-2H3,(H2,14,20). The summed E-state index contributed by atoms with van der Waals surface area (Å²) in [6.45, 7) is 1.90. The summed E-state index contributed by atoms with van der Waals surface area (Å²) in [5.41, 5.74) is 6.97. The van der Waals surface area contributed by atoms with Crippen LogP contribution in [0.5, 0.6) is 0 Å². The van der Waals surface area contributed by atoms with E-state index in [2.05, 4.69) is 9.71 Å². The van der Waals surface area contributed by atoms with E-state index in [1.165, 1.54) is 6.07 Å². The molecule has 1 heterocycles. The summed E-state index contributed by atoms with van der Waals surface area (Å²) >= 11 is 4.91. The Balaban J connectivity index is 2.22. The van der Waals surface area contributed by atoms with Crippen molar-refractivity contribution in [2.75, 3.05) is 0 Å². The number of aryl methyl sites for hydroxylation is 2. The molecular formula is C13H16N4O2S2. The summed E-state index contributed by atoms with van der Waals surface area (Å²) in [6, 6.07) is 4.66. The molecule has 2 rings (SSSR count). The van der Waals surface area contributed by atoms with Gasteiger partial charge >= 0.3 is 0 Å². The fourth-order valence-electron chi connectivity index (χ4n) is 1.89. The number of rotatable bonds is 5. The molecule has 6 nitrogen and oxygen atoms in total. The zero-order valence-corrected chi connectivity index (χ0v) is 13.3. The Kier molecular flexibility index (Phi) is 4.40. The zero-order chi connectivity index (χ0) is 15.6. The lowest BCUT2D eigenvalue weighted by atomic mass is 10.1. The summed E-state index contributed by atoms with van der Waals surface area (Å²) in [5.74, 6) is 0.634. The molecule has 0 fully saturated rings. The maximum absolute atomic E-state index is 12.3. The lowest BCUT2D eigenvalue weighted by Gasteiger charge is -2.09. The Morgan fingerprint density at radius 1 is 1.48 bits per heavy atom. The summed E-state index contributed by atoms with van der Waals surface area (Å²) in [4.78, 5) is 4.49. The van der Waals surface area contributed by atoms with E-state index in [0.717, 1.165) is 5.56 Å². The van der Waals surface area contributed by atoms with Crippen LogP contribution >= 0.6 is 12.2 Å². The fraction of sp³-hybridized carbons (Fsp3) is 0.231. The molecule has 3 N–H and O–H groups in total. The number of hydrogen-bond donors (Lipinski definition) is 2. The first-order valence-corrected chi connectivity index (χ1v) is 8.07. The van der Waals surface area contributed by atoms with E-state index in [-0.39, 0.29) is 16.4 Å². The Bertz CT molecular complexity index is 781. The van der Waals surface area contributed by atoms with Gasteiger partial charge in [0, 0.05) is 25.0 Å². The van der Waals surface area contributed by atoms with Gasteiger partial charge in [-0.3, -0.25) is 0 Å². The molecule has 2 aromatic rings. The molecule has 21 heavy (non-hydrogen) atoms. The first-order chi connectivity index (χ1) is 9.81. The summed E-state index contributed by atoms with van der Waals surface area (Å²) < 4.78 is 28.8. The highest BCUT2D eigenvalue weighted by Gasteiger charge is 2.16. The SMILES string of the molecule is Cc1cc(S(=O)(=O)NCc2nccn2C)ccc1C(N)=S. The Labute approximate surface area is 129 Å². The number of benzene rings is 1. The molecule has 112 valence electrons. The zero-order valence-electron chi connectivity index (χ0n) is 11.7. The molecule has 0 spiro atoms. The third-order valence-electron chi connectivity index (χ3n) is 3.11. The van der Waals surface area contributed by atoms with Crippen LogP contribution < -0.4 is 10.5 Å². The smallest absolute Gasteiger partial charge is 0.240 e. The highest BCUT2D eigenvalue weighted by atomic mass is 32.2. The van der Waals surface area contributed by atoms with Crippen molar-refractivity contribution < 1.29 is 8.42 Å². The van der Waals surface area contributed by atoms with Crippen molar-refractivity contribution in [2.24, 2.45) is 12.8 Å². The van der Waals surface area contributed by atoms with Crippen molar-refractivity contribution in [3.8, 4) is 0 Å². The van der Waals surface area contributed by atoms with Crippen molar-refractivity contribution in [2.45, 2.75) is 18.4 Å². The Morgan fingerprint density at radius 3 is 2.71 bits per heavy atom. The molecule has 8 heteroatoms. The minimum Gasteiger partial charge on any atom is -0.389 e. The minimum absolute atomic E-state index is 0.127. The van der Waals surface area contributed by atoms with Gasteiger partial charge in [0.15, 0.2) is 0 Å². The van der Waals surface area contributed by atoms with Gasteiger partial charge in [-0.2, -0.15) is 0 Å². The van der Waals surface area contributed by atoms with Gasteiger partial charge in [-0.25, -0.2) is 18.1 Å². The van der Waals surface area contributed by atoms with Gasteiger partial charge in [0.25, 0.3) is 0 Å². The molecule has 0 saturated carbocycles. The van der Waals surface area contributed by atoms with E-state index >= 15 is 0 Å². The van der Waals surface area contributed by atoms with Crippen LogP contribution in [0.25, 0.3) is 0 Å². The average molecular weight is 324 g/mol. The third-order valence-corrected chi connectivity index (χ3v) is 4.73. The van der Waals surface area contributed by atoms with Gasteiger partial charge in [-0.1, -0.05) is 18.3 Å². The Morgan fingerprint density at radius 2 is 2.19 bits per heavy atom. The van der Waals surface area contributed by atoms with Crippen LogP contribution in [0.3, 0.4) is 0 Å². The molecule has 0 radical (unpaired) electrons. The van der Waals surface area contributed by atoms with E-state index in [9.17, 15) is 8.42 Å². The van der Waals surface area contributed by atoms with Gasteiger partial charge in [0.2, 0.25) is 10.0 Å². The minimum atomic E-state index is -3.61. The van der Waals surface area contributed by atoms with Crippen molar-refractivity contribution in [3.63, 3.8) is 0 Å². The highest BCUT2D eigenvalue weighted by molar-refractivity contribution is 7.89. The number of thiocarbonyl (C=S) groups is 1. The third kappa shape index (κ3) is 3.46. The summed E-state index contributed by atoms with van der Waals surface area (Å²) in [6.07, 6.45) is 3.37. The molecular weight excluding hydrogens is 308 g/mol. The van der Waals surface area contributed by atoms with Gasteiger partial charge < -0.3 is 10.3 Å². The van der Waals surface area contributed by atoms with Gasteiger partial charge in [0.1, 0.15) is 10.8 Å². The van der Waals surface area contributed by atoms with Crippen molar-refractivity contribution in [3.05, 3.63) is 47.5 Å². The Hall–Kier alpha value is -1.77. The lowest BCUT2D eigenvalue weighted by Crippen LogP contribution is -2.25. The molecule has 0 bridgehead atoms. The first-order valence-electron chi connectivity index (χ1n) is 6.17. The monoisotopic (exact) mass is 324 g/mol. The van der Waals surface area contributed by atoms with Crippen LogP contribution in [0, 0.1) is 6.92 Å².